The number of amides is 3. The van der Waals surface area contributed by atoms with Gasteiger partial charge in [0, 0.05) is 44.1 Å². The van der Waals surface area contributed by atoms with Crippen LogP contribution in [-0.2, 0) is 20.8 Å². The Hall–Kier alpha value is -3.48. The highest BCUT2D eigenvalue weighted by Crippen LogP contribution is 2.33. The van der Waals surface area contributed by atoms with Gasteiger partial charge in [-0.3, -0.25) is 24.3 Å². The predicted octanol–water partition coefficient (Wildman–Crippen LogP) is 3.09. The maximum Gasteiger partial charge on any atom is 0.278 e. The van der Waals surface area contributed by atoms with Crippen LogP contribution in [-0.4, -0.2) is 51.6 Å². The topological polar surface area (TPSA) is 82.6 Å². The number of benzene rings is 1. The van der Waals surface area contributed by atoms with Crippen molar-refractivity contribution in [3.05, 3.63) is 65.6 Å². The van der Waals surface area contributed by atoms with Crippen LogP contribution in [0.4, 0.5) is 5.69 Å². The Bertz CT molecular complexity index is 997. The molecule has 2 aromatic rings. The second kappa shape index (κ2) is 9.55. The van der Waals surface area contributed by atoms with Crippen molar-refractivity contribution in [2.24, 2.45) is 0 Å². The van der Waals surface area contributed by atoms with E-state index in [1.807, 2.05) is 37.8 Å². The molecular formula is C24H28N4O3. The maximum atomic E-state index is 13.3. The number of aromatic nitrogens is 1. The lowest BCUT2D eigenvalue weighted by atomic mass is 10.0. The second-order valence-corrected chi connectivity index (χ2v) is 7.74. The van der Waals surface area contributed by atoms with Crippen molar-refractivity contribution >= 4 is 29.0 Å². The molecule has 0 fully saturated rings. The number of nitrogens with zero attached hydrogens (tertiary/aromatic N) is 3. The number of carbonyl (C=O) groups excluding carboxylic acids is 3. The summed E-state index contributed by atoms with van der Waals surface area (Å²) < 4.78 is 0. The third kappa shape index (κ3) is 4.82. The molecule has 7 nitrogen and oxygen atoms in total. The van der Waals surface area contributed by atoms with E-state index >= 15 is 0 Å². The van der Waals surface area contributed by atoms with E-state index in [9.17, 15) is 14.4 Å². The fourth-order valence-corrected chi connectivity index (χ4v) is 3.72. The van der Waals surface area contributed by atoms with Crippen LogP contribution >= 0.6 is 0 Å². The molecule has 1 aliphatic rings. The van der Waals surface area contributed by atoms with Crippen LogP contribution in [0, 0.1) is 0 Å². The highest BCUT2D eigenvalue weighted by molar-refractivity contribution is 6.35. The Labute approximate surface area is 182 Å². The minimum Gasteiger partial charge on any atom is -0.366 e. The van der Waals surface area contributed by atoms with Crippen molar-refractivity contribution in [2.45, 2.75) is 40.2 Å². The Kier molecular flexibility index (Phi) is 6.84. The molecular weight excluding hydrogens is 392 g/mol. The monoisotopic (exact) mass is 420 g/mol. The van der Waals surface area contributed by atoms with Crippen LogP contribution in [0.1, 0.15) is 38.8 Å². The van der Waals surface area contributed by atoms with Gasteiger partial charge in [0.2, 0.25) is 5.91 Å². The summed E-state index contributed by atoms with van der Waals surface area (Å²) in [7, 11) is 0. The fraction of sp³-hybridized carbons (Fsp3) is 0.333. The first-order valence-corrected chi connectivity index (χ1v) is 10.5. The van der Waals surface area contributed by atoms with E-state index in [1.54, 1.807) is 36.7 Å². The predicted molar refractivity (Wildman–Crippen MR) is 120 cm³/mol. The largest absolute Gasteiger partial charge is 0.366 e. The first-order valence-electron chi connectivity index (χ1n) is 10.5. The second-order valence-electron chi connectivity index (χ2n) is 7.74. The van der Waals surface area contributed by atoms with Gasteiger partial charge in [-0.25, -0.2) is 0 Å². The lowest BCUT2D eigenvalue weighted by Gasteiger charge is -2.25. The van der Waals surface area contributed by atoms with Gasteiger partial charge >= 0.3 is 0 Å². The van der Waals surface area contributed by atoms with Gasteiger partial charge in [-0.05, 0) is 62.6 Å². The van der Waals surface area contributed by atoms with Crippen LogP contribution in [0.3, 0.4) is 0 Å². The standard InChI is InChI=1S/C24H28N4O3/c1-5-27(15-12-18-10-13-25-14-11-18)22-21(23(30)28(16(2)3)24(22)31)19-6-8-20(9-7-19)26-17(4)29/h6-11,13-14,16H,5,12,15H2,1-4H3,(H,26,29). The zero-order valence-corrected chi connectivity index (χ0v) is 18.4. The molecule has 0 aliphatic carbocycles. The number of nitrogens with one attached hydrogen (secondary N) is 1. The average molecular weight is 421 g/mol. The van der Waals surface area contributed by atoms with Gasteiger partial charge in [0.05, 0.1) is 5.57 Å². The molecule has 0 unspecified atom stereocenters. The summed E-state index contributed by atoms with van der Waals surface area (Å²) in [5.41, 5.74) is 3.26. The van der Waals surface area contributed by atoms with Crippen LogP contribution in [0.2, 0.25) is 0 Å². The van der Waals surface area contributed by atoms with Gasteiger partial charge in [-0.2, -0.15) is 0 Å². The first kappa shape index (κ1) is 22.2. The highest BCUT2D eigenvalue weighted by atomic mass is 16.2. The maximum absolute atomic E-state index is 13.3. The molecule has 0 radical (unpaired) electrons. The molecule has 1 N–H and O–H groups in total. The van der Waals surface area contributed by atoms with Crippen LogP contribution in [0.5, 0.6) is 0 Å². The van der Waals surface area contributed by atoms with Gasteiger partial charge in [0.1, 0.15) is 5.70 Å². The molecule has 162 valence electrons. The number of rotatable bonds is 8. The molecule has 1 aromatic heterocycles. The van der Waals surface area contributed by atoms with E-state index in [-0.39, 0.29) is 23.8 Å². The lowest BCUT2D eigenvalue weighted by Crippen LogP contribution is -2.40. The Balaban J connectivity index is 1.99. The van der Waals surface area contributed by atoms with Gasteiger partial charge in [0.15, 0.2) is 0 Å². The summed E-state index contributed by atoms with van der Waals surface area (Å²) in [5.74, 6) is -0.721. The summed E-state index contributed by atoms with van der Waals surface area (Å²) in [6, 6.07) is 10.7. The summed E-state index contributed by atoms with van der Waals surface area (Å²) in [6.45, 7) is 8.29. The zero-order valence-electron chi connectivity index (χ0n) is 18.4. The summed E-state index contributed by atoms with van der Waals surface area (Å²) >= 11 is 0. The average Bonchev–Trinajstić information content (AvgIpc) is 3.00. The minimum atomic E-state index is -0.287. The molecule has 0 saturated carbocycles. The van der Waals surface area contributed by atoms with Crippen molar-refractivity contribution < 1.29 is 14.4 Å². The third-order valence-corrected chi connectivity index (χ3v) is 5.22. The third-order valence-electron chi connectivity index (χ3n) is 5.22. The smallest absolute Gasteiger partial charge is 0.278 e. The quantitative estimate of drug-likeness (QED) is 0.664. The Morgan fingerprint density at radius 3 is 2.26 bits per heavy atom. The van der Waals surface area contributed by atoms with E-state index in [0.717, 1.165) is 12.0 Å². The summed E-state index contributed by atoms with van der Waals surface area (Å²) in [6.07, 6.45) is 4.23. The molecule has 31 heavy (non-hydrogen) atoms. The highest BCUT2D eigenvalue weighted by Gasteiger charge is 2.42. The van der Waals surface area contributed by atoms with Crippen molar-refractivity contribution in [1.29, 1.82) is 0 Å². The van der Waals surface area contributed by atoms with E-state index in [1.165, 1.54) is 11.8 Å². The van der Waals surface area contributed by atoms with Gasteiger partial charge in [-0.1, -0.05) is 12.1 Å². The van der Waals surface area contributed by atoms with Gasteiger partial charge in [-0.15, -0.1) is 0 Å². The van der Waals surface area contributed by atoms with Crippen molar-refractivity contribution in [2.75, 3.05) is 18.4 Å². The molecule has 0 spiro atoms. The minimum absolute atomic E-state index is 0.168. The lowest BCUT2D eigenvalue weighted by molar-refractivity contribution is -0.139. The normalized spacial score (nSPS) is 13.9. The Morgan fingerprint density at radius 2 is 1.71 bits per heavy atom. The van der Waals surface area contributed by atoms with Crippen LogP contribution in [0.15, 0.2) is 54.5 Å². The number of carbonyl (C=O) groups is 3. The van der Waals surface area contributed by atoms with Crippen molar-refractivity contribution in [3.63, 3.8) is 0 Å². The number of likely N-dealkylation sites (N-methyl/N-ethyl adjacent to an activating group) is 1. The van der Waals surface area contributed by atoms with E-state index < -0.39 is 0 Å². The molecule has 1 aromatic carbocycles. The zero-order chi connectivity index (χ0) is 22.5. The first-order chi connectivity index (χ1) is 14.8. The van der Waals surface area contributed by atoms with Crippen molar-refractivity contribution in [3.8, 4) is 0 Å². The van der Waals surface area contributed by atoms with Gasteiger partial charge < -0.3 is 10.2 Å². The van der Waals surface area contributed by atoms with Crippen molar-refractivity contribution in [1.82, 2.24) is 14.8 Å². The summed E-state index contributed by atoms with van der Waals surface area (Å²) in [4.78, 5) is 45.2. The molecule has 0 bridgehead atoms. The Morgan fingerprint density at radius 1 is 1.06 bits per heavy atom. The molecule has 3 rings (SSSR count). The molecule has 0 saturated heterocycles. The number of pyridine rings is 1. The summed E-state index contributed by atoms with van der Waals surface area (Å²) in [5, 5.41) is 2.72. The number of imide groups is 1. The van der Waals surface area contributed by atoms with E-state index in [0.29, 0.717) is 35.6 Å². The van der Waals surface area contributed by atoms with E-state index in [4.69, 9.17) is 0 Å². The van der Waals surface area contributed by atoms with Crippen LogP contribution < -0.4 is 5.32 Å². The number of hydrogen-bond donors (Lipinski definition) is 1. The van der Waals surface area contributed by atoms with Gasteiger partial charge in [0.25, 0.3) is 11.8 Å². The molecule has 3 amide bonds. The number of anilines is 1. The number of hydrogen-bond acceptors (Lipinski definition) is 5. The molecule has 1 aliphatic heterocycles. The molecule has 2 heterocycles. The van der Waals surface area contributed by atoms with E-state index in [2.05, 4.69) is 10.3 Å². The molecule has 0 atom stereocenters. The molecule has 7 heteroatoms. The SMILES string of the molecule is CCN(CCc1ccncc1)C1=C(c2ccc(NC(C)=O)cc2)C(=O)N(C(C)C)C1=O. The van der Waals surface area contributed by atoms with Crippen LogP contribution in [0.25, 0.3) is 5.57 Å². The fourth-order valence-electron chi connectivity index (χ4n) is 3.72.